The van der Waals surface area contributed by atoms with Crippen molar-refractivity contribution in [3.63, 3.8) is 0 Å². The second-order valence-corrected chi connectivity index (χ2v) is 5.85. The number of fused-ring (bicyclic) bond motifs is 1. The second-order valence-electron chi connectivity index (χ2n) is 5.85. The summed E-state index contributed by atoms with van der Waals surface area (Å²) in [6.45, 7) is 1.32. The minimum Gasteiger partial charge on any atom is -0.497 e. The van der Waals surface area contributed by atoms with Crippen molar-refractivity contribution in [2.24, 2.45) is 0 Å². The first-order chi connectivity index (χ1) is 11.7. The minimum atomic E-state index is -0.594. The lowest BCUT2D eigenvalue weighted by atomic mass is 10.2. The van der Waals surface area contributed by atoms with E-state index in [-0.39, 0.29) is 5.56 Å². The Bertz CT molecular complexity index is 729. The summed E-state index contributed by atoms with van der Waals surface area (Å²) in [4.78, 5) is 12.1. The smallest absolute Gasteiger partial charge is 0.254 e. The molecule has 0 saturated heterocycles. The number of nitrogens with one attached hydrogen (secondary N) is 1. The number of benzene rings is 1. The van der Waals surface area contributed by atoms with Gasteiger partial charge in [0.1, 0.15) is 23.2 Å². The third-order valence-corrected chi connectivity index (χ3v) is 4.24. The molecule has 0 spiro atoms. The maximum atomic E-state index is 13.9. The molecule has 7 heteroatoms. The van der Waals surface area contributed by atoms with Crippen molar-refractivity contribution in [2.75, 3.05) is 13.7 Å². The van der Waals surface area contributed by atoms with Gasteiger partial charge in [0.2, 0.25) is 0 Å². The molecule has 24 heavy (non-hydrogen) atoms. The molecule has 2 aromatic rings. The van der Waals surface area contributed by atoms with Crippen LogP contribution in [0.1, 0.15) is 41.3 Å². The summed E-state index contributed by atoms with van der Waals surface area (Å²) in [5.41, 5.74) is 0.0101. The van der Waals surface area contributed by atoms with E-state index in [0.717, 1.165) is 37.5 Å². The number of aromatic nitrogens is 3. The Morgan fingerprint density at radius 1 is 1.33 bits per heavy atom. The molecule has 1 aromatic heterocycles. The summed E-state index contributed by atoms with van der Waals surface area (Å²) >= 11 is 0. The number of halogens is 1. The van der Waals surface area contributed by atoms with E-state index in [1.54, 1.807) is 6.07 Å². The van der Waals surface area contributed by atoms with Crippen molar-refractivity contribution in [2.45, 2.75) is 38.6 Å². The highest BCUT2D eigenvalue weighted by Gasteiger charge is 2.16. The average molecular weight is 332 g/mol. The SMILES string of the molecule is COc1ccc(C(=O)NCCc2nnc3n2CCCCC3)c(F)c1. The van der Waals surface area contributed by atoms with E-state index in [4.69, 9.17) is 4.74 Å². The zero-order chi connectivity index (χ0) is 16.9. The minimum absolute atomic E-state index is 0.0101. The molecule has 1 amide bonds. The lowest BCUT2D eigenvalue weighted by Gasteiger charge is -2.09. The molecule has 1 aromatic carbocycles. The molecule has 0 unspecified atom stereocenters. The zero-order valence-corrected chi connectivity index (χ0v) is 13.7. The van der Waals surface area contributed by atoms with Gasteiger partial charge in [-0.05, 0) is 25.0 Å². The van der Waals surface area contributed by atoms with Crippen LogP contribution in [-0.4, -0.2) is 34.3 Å². The molecule has 0 aliphatic carbocycles. The number of hydrogen-bond donors (Lipinski definition) is 1. The fraction of sp³-hybridized carbons (Fsp3) is 0.471. The number of carbonyl (C=O) groups is 1. The Hall–Kier alpha value is -2.44. The largest absolute Gasteiger partial charge is 0.497 e. The highest BCUT2D eigenvalue weighted by Crippen LogP contribution is 2.16. The van der Waals surface area contributed by atoms with Gasteiger partial charge in [0.05, 0.1) is 12.7 Å². The summed E-state index contributed by atoms with van der Waals surface area (Å²) in [7, 11) is 1.45. The summed E-state index contributed by atoms with van der Waals surface area (Å²) in [6.07, 6.45) is 5.01. The summed E-state index contributed by atoms with van der Waals surface area (Å²) in [6, 6.07) is 4.19. The number of amides is 1. The molecule has 0 atom stereocenters. The molecule has 1 aliphatic rings. The van der Waals surface area contributed by atoms with Crippen LogP contribution in [0.4, 0.5) is 4.39 Å². The van der Waals surface area contributed by atoms with E-state index in [2.05, 4.69) is 20.1 Å². The summed E-state index contributed by atoms with van der Waals surface area (Å²) in [5.74, 6) is 1.25. The average Bonchev–Trinajstić information content (AvgIpc) is 2.81. The lowest BCUT2D eigenvalue weighted by molar-refractivity contribution is 0.0950. The highest BCUT2D eigenvalue weighted by atomic mass is 19.1. The van der Waals surface area contributed by atoms with Crippen LogP contribution in [0.2, 0.25) is 0 Å². The topological polar surface area (TPSA) is 69.0 Å². The second kappa shape index (κ2) is 7.42. The van der Waals surface area contributed by atoms with E-state index in [9.17, 15) is 9.18 Å². The van der Waals surface area contributed by atoms with Crippen LogP contribution in [-0.2, 0) is 19.4 Å². The molecule has 0 bridgehead atoms. The molecule has 0 fully saturated rings. The van der Waals surface area contributed by atoms with Gasteiger partial charge in [-0.1, -0.05) is 6.42 Å². The molecule has 1 N–H and O–H groups in total. The first-order valence-electron chi connectivity index (χ1n) is 8.21. The van der Waals surface area contributed by atoms with Gasteiger partial charge >= 0.3 is 0 Å². The number of carbonyl (C=O) groups excluding carboxylic acids is 1. The first kappa shape index (κ1) is 16.4. The Labute approximate surface area is 140 Å². The van der Waals surface area contributed by atoms with Crippen LogP contribution < -0.4 is 10.1 Å². The molecule has 128 valence electrons. The van der Waals surface area contributed by atoms with Gasteiger partial charge in [0, 0.05) is 32.0 Å². The Kier molecular flexibility index (Phi) is 5.08. The Morgan fingerprint density at radius 2 is 2.21 bits per heavy atom. The van der Waals surface area contributed by atoms with E-state index >= 15 is 0 Å². The number of aryl methyl sites for hydroxylation is 1. The number of methoxy groups -OCH3 is 1. The molecule has 3 rings (SSSR count). The molecule has 1 aliphatic heterocycles. The normalized spacial score (nSPS) is 13.9. The van der Waals surface area contributed by atoms with Crippen LogP contribution in [0.5, 0.6) is 5.75 Å². The number of hydrogen-bond acceptors (Lipinski definition) is 4. The molecular formula is C17H21FN4O2. The van der Waals surface area contributed by atoms with Crippen molar-refractivity contribution >= 4 is 5.91 Å². The predicted molar refractivity (Wildman–Crippen MR) is 86.6 cm³/mol. The summed E-state index contributed by atoms with van der Waals surface area (Å²) in [5, 5.41) is 11.2. The van der Waals surface area contributed by atoms with E-state index < -0.39 is 11.7 Å². The van der Waals surface area contributed by atoms with E-state index in [1.807, 2.05) is 0 Å². The van der Waals surface area contributed by atoms with Crippen LogP contribution >= 0.6 is 0 Å². The molecule has 0 radical (unpaired) electrons. The fourth-order valence-corrected chi connectivity index (χ4v) is 2.92. The molecule has 6 nitrogen and oxygen atoms in total. The lowest BCUT2D eigenvalue weighted by Crippen LogP contribution is -2.27. The first-order valence-corrected chi connectivity index (χ1v) is 8.21. The Balaban J connectivity index is 1.59. The van der Waals surface area contributed by atoms with Gasteiger partial charge in [-0.25, -0.2) is 4.39 Å². The van der Waals surface area contributed by atoms with Gasteiger partial charge < -0.3 is 14.6 Å². The highest BCUT2D eigenvalue weighted by molar-refractivity contribution is 5.94. The predicted octanol–water partition coefficient (Wildman–Crippen LogP) is 2.12. The number of rotatable bonds is 5. The van der Waals surface area contributed by atoms with Gasteiger partial charge in [-0.15, -0.1) is 10.2 Å². The monoisotopic (exact) mass is 332 g/mol. The third-order valence-electron chi connectivity index (χ3n) is 4.24. The van der Waals surface area contributed by atoms with Crippen molar-refractivity contribution in [1.29, 1.82) is 0 Å². The van der Waals surface area contributed by atoms with Crippen molar-refractivity contribution in [3.8, 4) is 5.75 Å². The van der Waals surface area contributed by atoms with Crippen molar-refractivity contribution in [3.05, 3.63) is 41.2 Å². The van der Waals surface area contributed by atoms with E-state index in [0.29, 0.717) is 18.7 Å². The van der Waals surface area contributed by atoms with Crippen LogP contribution in [0.25, 0.3) is 0 Å². The maximum Gasteiger partial charge on any atom is 0.254 e. The van der Waals surface area contributed by atoms with Gasteiger partial charge in [-0.2, -0.15) is 0 Å². The fourth-order valence-electron chi connectivity index (χ4n) is 2.92. The third kappa shape index (κ3) is 3.55. The standard InChI is InChI=1S/C17H21FN4O2/c1-24-12-6-7-13(14(18)11-12)17(23)19-9-8-16-21-20-15-5-3-2-4-10-22(15)16/h6-7,11H,2-5,8-10H2,1H3,(H,19,23). The number of nitrogens with zero attached hydrogens (tertiary/aromatic N) is 3. The Morgan fingerprint density at radius 3 is 3.00 bits per heavy atom. The van der Waals surface area contributed by atoms with Crippen molar-refractivity contribution in [1.82, 2.24) is 20.1 Å². The zero-order valence-electron chi connectivity index (χ0n) is 13.7. The van der Waals surface area contributed by atoms with Crippen LogP contribution in [0.3, 0.4) is 0 Å². The van der Waals surface area contributed by atoms with Crippen LogP contribution in [0.15, 0.2) is 18.2 Å². The van der Waals surface area contributed by atoms with Crippen molar-refractivity contribution < 1.29 is 13.9 Å². The maximum absolute atomic E-state index is 13.9. The summed E-state index contributed by atoms with van der Waals surface area (Å²) < 4.78 is 21.0. The van der Waals surface area contributed by atoms with Gasteiger partial charge in [0.25, 0.3) is 5.91 Å². The van der Waals surface area contributed by atoms with Gasteiger partial charge in [-0.3, -0.25) is 4.79 Å². The van der Waals surface area contributed by atoms with Crippen LogP contribution in [0, 0.1) is 5.82 Å². The molecule has 2 heterocycles. The number of ether oxygens (including phenoxy) is 1. The quantitative estimate of drug-likeness (QED) is 0.911. The van der Waals surface area contributed by atoms with Gasteiger partial charge in [0.15, 0.2) is 0 Å². The molecule has 0 saturated carbocycles. The molecular weight excluding hydrogens is 311 g/mol. The van der Waals surface area contributed by atoms with E-state index in [1.165, 1.54) is 25.7 Å².